The molecule has 30 heavy (non-hydrogen) atoms. The van der Waals surface area contributed by atoms with Gasteiger partial charge < -0.3 is 11.1 Å². The summed E-state index contributed by atoms with van der Waals surface area (Å²) >= 11 is 6.20. The van der Waals surface area contributed by atoms with E-state index < -0.39 is 21.7 Å². The van der Waals surface area contributed by atoms with Gasteiger partial charge in [0.15, 0.2) is 0 Å². The molecule has 0 saturated heterocycles. The number of anilines is 3. The number of aromatic nitrogens is 2. The second-order valence-corrected chi connectivity index (χ2v) is 8.85. The third kappa shape index (κ3) is 4.44. The van der Waals surface area contributed by atoms with Crippen LogP contribution in [0.4, 0.5) is 21.6 Å². The van der Waals surface area contributed by atoms with Crippen LogP contribution in [0.25, 0.3) is 10.9 Å². The van der Waals surface area contributed by atoms with Crippen LogP contribution in [0.1, 0.15) is 29.3 Å². The zero-order valence-corrected chi connectivity index (χ0v) is 17.7. The Balaban J connectivity index is 2.01. The fourth-order valence-corrected chi connectivity index (χ4v) is 4.37. The summed E-state index contributed by atoms with van der Waals surface area (Å²) in [6.45, 7) is 3.47. The first kappa shape index (κ1) is 21.7. The van der Waals surface area contributed by atoms with E-state index in [-0.39, 0.29) is 33.5 Å². The molecule has 0 atom stereocenters. The zero-order valence-electron chi connectivity index (χ0n) is 16.2. The number of aryl methyl sites for hydroxylation is 1. The lowest BCUT2D eigenvalue weighted by atomic mass is 10.1. The molecule has 0 radical (unpaired) electrons. The van der Waals surface area contributed by atoms with Crippen molar-refractivity contribution in [3.8, 4) is 0 Å². The Morgan fingerprint density at radius 2 is 2.00 bits per heavy atom. The van der Waals surface area contributed by atoms with Gasteiger partial charge in [0.1, 0.15) is 18.0 Å². The van der Waals surface area contributed by atoms with E-state index in [2.05, 4.69) is 20.0 Å². The maximum atomic E-state index is 14.4. The Morgan fingerprint density at radius 1 is 1.27 bits per heavy atom. The van der Waals surface area contributed by atoms with Crippen LogP contribution >= 0.6 is 11.6 Å². The second kappa shape index (κ2) is 8.41. The van der Waals surface area contributed by atoms with Crippen LogP contribution in [-0.2, 0) is 10.0 Å². The van der Waals surface area contributed by atoms with Crippen molar-refractivity contribution >= 4 is 55.6 Å². The Hall–Kier alpha value is -2.98. The molecule has 1 heterocycles. The summed E-state index contributed by atoms with van der Waals surface area (Å²) in [5.41, 5.74) is 6.64. The van der Waals surface area contributed by atoms with E-state index in [9.17, 15) is 17.6 Å². The van der Waals surface area contributed by atoms with Crippen LogP contribution in [0.5, 0.6) is 0 Å². The van der Waals surface area contributed by atoms with Crippen LogP contribution in [0.2, 0.25) is 5.02 Å². The monoisotopic (exact) mass is 451 g/mol. The second-order valence-electron chi connectivity index (χ2n) is 6.63. The summed E-state index contributed by atoms with van der Waals surface area (Å²) in [6, 6.07) is 5.51. The molecule has 0 aliphatic rings. The number of halogens is 2. The molecule has 1 amide bonds. The van der Waals surface area contributed by atoms with Crippen molar-refractivity contribution in [1.82, 2.24) is 9.97 Å². The van der Waals surface area contributed by atoms with Crippen molar-refractivity contribution < 1.29 is 17.6 Å². The number of carbonyl (C=O) groups is 1. The van der Waals surface area contributed by atoms with E-state index in [1.54, 1.807) is 26.0 Å². The van der Waals surface area contributed by atoms with Gasteiger partial charge >= 0.3 is 0 Å². The molecule has 0 bridgehead atoms. The first-order valence-electron chi connectivity index (χ1n) is 8.93. The number of fused-ring (bicyclic) bond motifs is 1. The fourth-order valence-electron chi connectivity index (χ4n) is 2.92. The minimum atomic E-state index is -3.66. The van der Waals surface area contributed by atoms with Gasteiger partial charge in [0.25, 0.3) is 5.91 Å². The Morgan fingerprint density at radius 3 is 2.70 bits per heavy atom. The van der Waals surface area contributed by atoms with Crippen molar-refractivity contribution in [2.75, 3.05) is 21.5 Å². The first-order chi connectivity index (χ1) is 14.1. The van der Waals surface area contributed by atoms with E-state index in [0.717, 1.165) is 11.6 Å². The standard InChI is InChI=1S/C19H19ClFN5O3S/c1-3-6-30(28,29)26-14-5-4-13(21)17(15(14)20)25-19(27)12-8-10(2)7-11-16(12)23-9-24-18(11)22/h4-5,7-9,26H,3,6H2,1-2H3,(H,25,27)(H2,22,23,24). The van der Waals surface area contributed by atoms with Gasteiger partial charge in [-0.2, -0.15) is 0 Å². The number of nitrogen functional groups attached to an aromatic ring is 1. The normalized spacial score (nSPS) is 11.5. The summed E-state index contributed by atoms with van der Waals surface area (Å²) in [7, 11) is -3.66. The number of benzene rings is 2. The average Bonchev–Trinajstić information content (AvgIpc) is 2.67. The van der Waals surface area contributed by atoms with Crippen molar-refractivity contribution in [1.29, 1.82) is 0 Å². The van der Waals surface area contributed by atoms with Crippen LogP contribution in [-0.4, -0.2) is 30.0 Å². The van der Waals surface area contributed by atoms with Gasteiger partial charge in [-0.15, -0.1) is 0 Å². The fraction of sp³-hybridized carbons (Fsp3) is 0.211. The number of hydrogen-bond donors (Lipinski definition) is 3. The molecule has 2 aromatic carbocycles. The number of amides is 1. The molecule has 0 saturated carbocycles. The van der Waals surface area contributed by atoms with Crippen LogP contribution < -0.4 is 15.8 Å². The summed E-state index contributed by atoms with van der Waals surface area (Å²) < 4.78 is 40.8. The highest BCUT2D eigenvalue weighted by molar-refractivity contribution is 7.92. The van der Waals surface area contributed by atoms with Crippen molar-refractivity contribution in [2.24, 2.45) is 0 Å². The highest BCUT2D eigenvalue weighted by Gasteiger charge is 2.20. The SMILES string of the molecule is CCCS(=O)(=O)Nc1ccc(F)c(NC(=O)c2cc(C)cc3c(N)ncnc23)c1Cl. The van der Waals surface area contributed by atoms with Gasteiger partial charge in [0.05, 0.1) is 33.2 Å². The maximum absolute atomic E-state index is 14.4. The summed E-state index contributed by atoms with van der Waals surface area (Å²) in [5, 5.41) is 2.62. The van der Waals surface area contributed by atoms with E-state index >= 15 is 0 Å². The number of nitrogens with zero attached hydrogens (tertiary/aromatic N) is 2. The quantitative estimate of drug-likeness (QED) is 0.524. The summed E-state index contributed by atoms with van der Waals surface area (Å²) in [6.07, 6.45) is 1.61. The molecule has 158 valence electrons. The molecule has 0 aliphatic carbocycles. The highest BCUT2D eigenvalue weighted by atomic mass is 35.5. The number of hydrogen-bond acceptors (Lipinski definition) is 6. The Kier molecular flexibility index (Phi) is 6.09. The van der Waals surface area contributed by atoms with Crippen molar-refractivity contribution in [2.45, 2.75) is 20.3 Å². The lowest BCUT2D eigenvalue weighted by Crippen LogP contribution is -2.18. The van der Waals surface area contributed by atoms with Gasteiger partial charge in [-0.05, 0) is 43.2 Å². The van der Waals surface area contributed by atoms with Crippen molar-refractivity contribution in [3.05, 3.63) is 52.6 Å². The average molecular weight is 452 g/mol. The van der Waals surface area contributed by atoms with Crippen LogP contribution in [0.15, 0.2) is 30.6 Å². The predicted octanol–water partition coefficient (Wildman–Crippen LogP) is 3.72. The molecule has 0 spiro atoms. The number of sulfonamides is 1. The van der Waals surface area contributed by atoms with Crippen LogP contribution in [0, 0.1) is 12.7 Å². The summed E-state index contributed by atoms with van der Waals surface area (Å²) in [5.74, 6) is -1.43. The third-order valence-corrected chi connectivity index (χ3v) is 6.10. The molecule has 3 aromatic rings. The molecule has 11 heteroatoms. The van der Waals surface area contributed by atoms with E-state index in [1.165, 1.54) is 12.4 Å². The Labute approximate surface area is 177 Å². The molecule has 1 aromatic heterocycles. The number of nitrogens with one attached hydrogen (secondary N) is 2. The maximum Gasteiger partial charge on any atom is 0.258 e. The first-order valence-corrected chi connectivity index (χ1v) is 11.0. The smallest absolute Gasteiger partial charge is 0.258 e. The van der Waals surface area contributed by atoms with E-state index in [4.69, 9.17) is 17.3 Å². The number of nitrogens with two attached hydrogens (primary N) is 1. The minimum Gasteiger partial charge on any atom is -0.383 e. The van der Waals surface area contributed by atoms with Crippen molar-refractivity contribution in [3.63, 3.8) is 0 Å². The topological polar surface area (TPSA) is 127 Å². The predicted molar refractivity (Wildman–Crippen MR) is 116 cm³/mol. The van der Waals surface area contributed by atoms with Gasteiger partial charge in [0.2, 0.25) is 10.0 Å². The number of rotatable bonds is 6. The summed E-state index contributed by atoms with van der Waals surface area (Å²) in [4.78, 5) is 20.9. The number of carbonyl (C=O) groups excluding carboxylic acids is 1. The minimum absolute atomic E-state index is 0.0394. The zero-order chi connectivity index (χ0) is 22.1. The molecule has 3 rings (SSSR count). The van der Waals surface area contributed by atoms with Gasteiger partial charge in [-0.3, -0.25) is 9.52 Å². The molecule has 0 unspecified atom stereocenters. The van der Waals surface area contributed by atoms with Gasteiger partial charge in [0, 0.05) is 5.39 Å². The van der Waals surface area contributed by atoms with E-state index in [1.807, 2.05) is 0 Å². The molecular formula is C19H19ClFN5O3S. The molecule has 4 N–H and O–H groups in total. The largest absolute Gasteiger partial charge is 0.383 e. The third-order valence-electron chi connectivity index (χ3n) is 4.23. The lowest BCUT2D eigenvalue weighted by molar-refractivity contribution is 0.102. The van der Waals surface area contributed by atoms with Gasteiger partial charge in [-0.25, -0.2) is 22.8 Å². The van der Waals surface area contributed by atoms with Gasteiger partial charge in [-0.1, -0.05) is 18.5 Å². The highest BCUT2D eigenvalue weighted by Crippen LogP contribution is 2.34. The lowest BCUT2D eigenvalue weighted by Gasteiger charge is -2.15. The molecular weight excluding hydrogens is 433 g/mol. The molecule has 0 aliphatic heterocycles. The molecule has 0 fully saturated rings. The van der Waals surface area contributed by atoms with Crippen LogP contribution in [0.3, 0.4) is 0 Å². The molecule has 8 nitrogen and oxygen atoms in total. The Bertz CT molecular complexity index is 1250. The van der Waals surface area contributed by atoms with E-state index in [0.29, 0.717) is 17.3 Å².